The van der Waals surface area contributed by atoms with Gasteiger partial charge >= 0.3 is 0 Å². The standard InChI is InChI=1S/C17H32N2O3S/c1-3-4-9-19(16-7-10-23(21,22)13-16)17(20)11-14(2)15-6-5-8-18-12-15/h14-16,18H,3-13H2,1-2H3. The predicted molar refractivity (Wildman–Crippen MR) is 93.1 cm³/mol. The lowest BCUT2D eigenvalue weighted by atomic mass is 9.85. The molecule has 1 amide bonds. The summed E-state index contributed by atoms with van der Waals surface area (Å²) in [6, 6.07) is -0.101. The fraction of sp³-hybridized carbons (Fsp3) is 0.941. The monoisotopic (exact) mass is 344 g/mol. The molecule has 0 radical (unpaired) electrons. The summed E-state index contributed by atoms with van der Waals surface area (Å²) < 4.78 is 23.5. The summed E-state index contributed by atoms with van der Waals surface area (Å²) in [6.45, 7) is 7.05. The molecule has 0 bridgehead atoms. The van der Waals surface area contributed by atoms with Crippen molar-refractivity contribution in [3.63, 3.8) is 0 Å². The third-order valence-corrected chi connectivity index (χ3v) is 7.11. The van der Waals surface area contributed by atoms with Crippen molar-refractivity contribution < 1.29 is 13.2 Å². The van der Waals surface area contributed by atoms with E-state index in [9.17, 15) is 13.2 Å². The topological polar surface area (TPSA) is 66.5 Å². The van der Waals surface area contributed by atoms with Crippen LogP contribution in [0.25, 0.3) is 0 Å². The van der Waals surface area contributed by atoms with Crippen LogP contribution in [0.5, 0.6) is 0 Å². The molecule has 6 heteroatoms. The van der Waals surface area contributed by atoms with Gasteiger partial charge in [-0.25, -0.2) is 8.42 Å². The summed E-state index contributed by atoms with van der Waals surface area (Å²) in [4.78, 5) is 14.7. The molecule has 0 spiro atoms. The molecule has 2 aliphatic rings. The first-order valence-electron chi connectivity index (χ1n) is 9.13. The van der Waals surface area contributed by atoms with Gasteiger partial charge in [0.15, 0.2) is 9.84 Å². The molecule has 134 valence electrons. The molecule has 2 heterocycles. The van der Waals surface area contributed by atoms with E-state index in [0.29, 0.717) is 31.2 Å². The number of piperidine rings is 1. The molecule has 1 N–H and O–H groups in total. The highest BCUT2D eigenvalue weighted by molar-refractivity contribution is 7.91. The van der Waals surface area contributed by atoms with Crippen molar-refractivity contribution in [2.75, 3.05) is 31.1 Å². The molecule has 0 aliphatic carbocycles. The highest BCUT2D eigenvalue weighted by Crippen LogP contribution is 2.25. The van der Waals surface area contributed by atoms with E-state index in [1.807, 2.05) is 4.90 Å². The number of sulfone groups is 1. The first kappa shape index (κ1) is 18.7. The Morgan fingerprint density at radius 2 is 2.13 bits per heavy atom. The first-order valence-corrected chi connectivity index (χ1v) is 11.0. The molecule has 0 saturated carbocycles. The number of carbonyl (C=O) groups excluding carboxylic acids is 1. The highest BCUT2D eigenvalue weighted by Gasteiger charge is 2.35. The lowest BCUT2D eigenvalue weighted by Gasteiger charge is -2.32. The Morgan fingerprint density at radius 1 is 1.35 bits per heavy atom. The van der Waals surface area contributed by atoms with E-state index in [0.717, 1.165) is 25.9 Å². The van der Waals surface area contributed by atoms with Crippen LogP contribution in [0.15, 0.2) is 0 Å². The minimum atomic E-state index is -2.95. The molecule has 5 nitrogen and oxygen atoms in total. The van der Waals surface area contributed by atoms with Crippen LogP contribution in [-0.2, 0) is 14.6 Å². The number of hydrogen-bond donors (Lipinski definition) is 1. The lowest BCUT2D eigenvalue weighted by Crippen LogP contribution is -2.43. The van der Waals surface area contributed by atoms with Gasteiger partial charge in [-0.15, -0.1) is 0 Å². The van der Waals surface area contributed by atoms with Gasteiger partial charge in [-0.3, -0.25) is 4.79 Å². The molecule has 3 atom stereocenters. The van der Waals surface area contributed by atoms with Crippen molar-refractivity contribution in [1.29, 1.82) is 0 Å². The Bertz CT molecular complexity index is 486. The van der Waals surface area contributed by atoms with Gasteiger partial charge in [0.05, 0.1) is 11.5 Å². The molecular formula is C17H32N2O3S. The second kappa shape index (κ2) is 8.47. The number of amides is 1. The lowest BCUT2D eigenvalue weighted by molar-refractivity contribution is -0.134. The maximum atomic E-state index is 12.8. The van der Waals surface area contributed by atoms with E-state index in [1.165, 1.54) is 12.8 Å². The molecule has 3 unspecified atom stereocenters. The molecule has 23 heavy (non-hydrogen) atoms. The molecule has 2 saturated heterocycles. The Kier molecular flexibility index (Phi) is 6.89. The summed E-state index contributed by atoms with van der Waals surface area (Å²) in [6.07, 6.45) is 5.49. The van der Waals surface area contributed by atoms with E-state index >= 15 is 0 Å². The van der Waals surface area contributed by atoms with E-state index in [2.05, 4.69) is 19.2 Å². The molecule has 2 fully saturated rings. The van der Waals surface area contributed by atoms with Crippen LogP contribution in [0.2, 0.25) is 0 Å². The number of nitrogens with zero attached hydrogens (tertiary/aromatic N) is 1. The van der Waals surface area contributed by atoms with E-state index in [-0.39, 0.29) is 23.5 Å². The third kappa shape index (κ3) is 5.45. The van der Waals surface area contributed by atoms with Crippen LogP contribution < -0.4 is 5.32 Å². The summed E-state index contributed by atoms with van der Waals surface area (Å²) in [5.74, 6) is 1.46. The second-order valence-corrected chi connectivity index (χ2v) is 9.51. The highest BCUT2D eigenvalue weighted by atomic mass is 32.2. The van der Waals surface area contributed by atoms with Crippen LogP contribution in [-0.4, -0.2) is 56.4 Å². The normalized spacial score (nSPS) is 28.4. The molecule has 0 aromatic carbocycles. The first-order chi connectivity index (χ1) is 10.9. The van der Waals surface area contributed by atoms with Gasteiger partial charge in [0.25, 0.3) is 0 Å². The quantitative estimate of drug-likeness (QED) is 0.765. The van der Waals surface area contributed by atoms with Crippen molar-refractivity contribution in [3.8, 4) is 0 Å². The minimum absolute atomic E-state index is 0.101. The van der Waals surface area contributed by atoms with Crippen LogP contribution in [0.1, 0.15) is 52.4 Å². The number of hydrogen-bond acceptors (Lipinski definition) is 4. The number of unbranched alkanes of at least 4 members (excludes halogenated alkanes) is 1. The fourth-order valence-electron chi connectivity index (χ4n) is 3.78. The smallest absolute Gasteiger partial charge is 0.223 e. The Labute approximate surface area is 141 Å². The third-order valence-electron chi connectivity index (χ3n) is 5.36. The Balaban J connectivity index is 1.95. The van der Waals surface area contributed by atoms with Gasteiger partial charge in [0.1, 0.15) is 0 Å². The predicted octanol–water partition coefficient (Wildman–Crippen LogP) is 1.83. The maximum Gasteiger partial charge on any atom is 0.223 e. The number of rotatable bonds is 7. The summed E-state index contributed by atoms with van der Waals surface area (Å²) in [7, 11) is -2.95. The van der Waals surface area contributed by atoms with Gasteiger partial charge in [0.2, 0.25) is 5.91 Å². The Morgan fingerprint density at radius 3 is 2.70 bits per heavy atom. The van der Waals surface area contributed by atoms with Crippen molar-refractivity contribution in [3.05, 3.63) is 0 Å². The zero-order valence-electron chi connectivity index (χ0n) is 14.6. The van der Waals surface area contributed by atoms with Crippen molar-refractivity contribution in [2.24, 2.45) is 11.8 Å². The van der Waals surface area contributed by atoms with Crippen LogP contribution >= 0.6 is 0 Å². The van der Waals surface area contributed by atoms with Crippen LogP contribution in [0.4, 0.5) is 0 Å². The van der Waals surface area contributed by atoms with Gasteiger partial charge in [0, 0.05) is 19.0 Å². The zero-order chi connectivity index (χ0) is 16.9. The summed E-state index contributed by atoms with van der Waals surface area (Å²) in [5, 5.41) is 3.41. The summed E-state index contributed by atoms with van der Waals surface area (Å²) >= 11 is 0. The average Bonchev–Trinajstić information content (AvgIpc) is 2.88. The molecule has 0 aromatic heterocycles. The van der Waals surface area contributed by atoms with E-state index in [4.69, 9.17) is 0 Å². The molecule has 0 aromatic rings. The van der Waals surface area contributed by atoms with Crippen molar-refractivity contribution >= 4 is 15.7 Å². The zero-order valence-corrected chi connectivity index (χ0v) is 15.4. The fourth-order valence-corrected chi connectivity index (χ4v) is 5.52. The largest absolute Gasteiger partial charge is 0.339 e. The molecular weight excluding hydrogens is 312 g/mol. The summed E-state index contributed by atoms with van der Waals surface area (Å²) in [5.41, 5.74) is 0. The molecule has 2 rings (SSSR count). The van der Waals surface area contributed by atoms with Gasteiger partial charge < -0.3 is 10.2 Å². The van der Waals surface area contributed by atoms with Gasteiger partial charge in [-0.2, -0.15) is 0 Å². The van der Waals surface area contributed by atoms with Crippen molar-refractivity contribution in [2.45, 2.75) is 58.4 Å². The number of carbonyl (C=O) groups is 1. The van der Waals surface area contributed by atoms with Gasteiger partial charge in [-0.1, -0.05) is 20.3 Å². The minimum Gasteiger partial charge on any atom is -0.339 e. The van der Waals surface area contributed by atoms with E-state index in [1.54, 1.807) is 0 Å². The number of nitrogens with one attached hydrogen (secondary N) is 1. The second-order valence-electron chi connectivity index (χ2n) is 7.29. The van der Waals surface area contributed by atoms with Crippen molar-refractivity contribution in [1.82, 2.24) is 10.2 Å². The molecule has 2 aliphatic heterocycles. The average molecular weight is 345 g/mol. The van der Waals surface area contributed by atoms with Crippen LogP contribution in [0, 0.1) is 11.8 Å². The SMILES string of the molecule is CCCCN(C(=O)CC(C)C1CCCNC1)C1CCS(=O)(=O)C1. The van der Waals surface area contributed by atoms with Crippen LogP contribution in [0.3, 0.4) is 0 Å². The van der Waals surface area contributed by atoms with E-state index < -0.39 is 9.84 Å². The Hall–Kier alpha value is -0.620. The maximum absolute atomic E-state index is 12.8. The van der Waals surface area contributed by atoms with Gasteiger partial charge in [-0.05, 0) is 50.6 Å².